The summed E-state index contributed by atoms with van der Waals surface area (Å²) in [7, 11) is -3.74. The third-order valence-electron chi connectivity index (χ3n) is 5.59. The van der Waals surface area contributed by atoms with Gasteiger partial charge in [-0.1, -0.05) is 29.8 Å². The molecule has 0 bridgehead atoms. The Labute approximate surface area is 198 Å². The molecule has 0 saturated heterocycles. The summed E-state index contributed by atoms with van der Waals surface area (Å²) in [5, 5.41) is 5.16. The van der Waals surface area contributed by atoms with Crippen molar-refractivity contribution in [2.45, 2.75) is 38.8 Å². The Morgan fingerprint density at radius 3 is 2.38 bits per heavy atom. The molecule has 0 aliphatic heterocycles. The summed E-state index contributed by atoms with van der Waals surface area (Å²) in [6.07, 6.45) is 1.48. The molecule has 0 aliphatic rings. The van der Waals surface area contributed by atoms with Crippen molar-refractivity contribution in [1.29, 1.82) is 0 Å². The molecule has 0 aliphatic carbocycles. The molecule has 0 atom stereocenters. The fourth-order valence-electron chi connectivity index (χ4n) is 3.64. The van der Waals surface area contributed by atoms with E-state index in [0.717, 1.165) is 28.1 Å². The lowest BCUT2D eigenvalue weighted by Gasteiger charge is -2.10. The minimum atomic E-state index is -3.74. The van der Waals surface area contributed by atoms with E-state index < -0.39 is 16.0 Å². The van der Waals surface area contributed by atoms with E-state index in [1.54, 1.807) is 18.2 Å². The summed E-state index contributed by atoms with van der Waals surface area (Å²) < 4.78 is 35.9. The highest BCUT2D eigenvalue weighted by Crippen LogP contribution is 2.21. The SMILES string of the molecule is Cc1ccc(-c2nc(COC(=O)c3cc(C)n(Cc4ccc(S(N)(=O)=O)cc4)c3C)co2)cc1. The Morgan fingerprint density at radius 2 is 1.74 bits per heavy atom. The van der Waals surface area contributed by atoms with Gasteiger partial charge in [-0.3, -0.25) is 0 Å². The molecule has 8 nitrogen and oxygen atoms in total. The number of nitrogens with zero attached hydrogens (tertiary/aromatic N) is 2. The van der Waals surface area contributed by atoms with Crippen LogP contribution in [0.3, 0.4) is 0 Å². The first-order chi connectivity index (χ1) is 16.1. The molecular formula is C25H25N3O5S. The average Bonchev–Trinajstić information content (AvgIpc) is 3.38. The number of aromatic nitrogens is 2. The van der Waals surface area contributed by atoms with Crippen LogP contribution >= 0.6 is 0 Å². The molecule has 0 spiro atoms. The van der Waals surface area contributed by atoms with Crippen molar-refractivity contribution < 1.29 is 22.4 Å². The van der Waals surface area contributed by atoms with E-state index in [1.807, 2.05) is 49.6 Å². The summed E-state index contributed by atoms with van der Waals surface area (Å²) in [4.78, 5) is 17.2. The molecule has 34 heavy (non-hydrogen) atoms. The maximum absolute atomic E-state index is 12.8. The lowest BCUT2D eigenvalue weighted by molar-refractivity contribution is 0.0466. The number of primary sulfonamides is 1. The van der Waals surface area contributed by atoms with Gasteiger partial charge in [-0.25, -0.2) is 23.3 Å². The molecular weight excluding hydrogens is 454 g/mol. The summed E-state index contributed by atoms with van der Waals surface area (Å²) in [6, 6.07) is 15.9. The molecule has 4 rings (SSSR count). The van der Waals surface area contributed by atoms with Crippen LogP contribution in [0, 0.1) is 20.8 Å². The predicted molar refractivity (Wildman–Crippen MR) is 127 cm³/mol. The highest BCUT2D eigenvalue weighted by Gasteiger charge is 2.18. The molecule has 2 aromatic heterocycles. The van der Waals surface area contributed by atoms with Gasteiger partial charge >= 0.3 is 5.97 Å². The van der Waals surface area contributed by atoms with Gasteiger partial charge in [0.05, 0.1) is 10.5 Å². The molecule has 2 N–H and O–H groups in total. The van der Waals surface area contributed by atoms with Crippen molar-refractivity contribution in [3.05, 3.63) is 94.6 Å². The summed E-state index contributed by atoms with van der Waals surface area (Å²) in [6.45, 7) is 6.21. The van der Waals surface area contributed by atoms with Crippen molar-refractivity contribution in [3.63, 3.8) is 0 Å². The molecule has 2 heterocycles. The third-order valence-corrected chi connectivity index (χ3v) is 6.52. The highest BCUT2D eigenvalue weighted by molar-refractivity contribution is 7.89. The first-order valence-corrected chi connectivity index (χ1v) is 12.1. The number of esters is 1. The van der Waals surface area contributed by atoms with Crippen molar-refractivity contribution >= 4 is 16.0 Å². The van der Waals surface area contributed by atoms with Crippen LogP contribution in [0.4, 0.5) is 0 Å². The average molecular weight is 480 g/mol. The topological polar surface area (TPSA) is 117 Å². The second kappa shape index (κ2) is 9.28. The van der Waals surface area contributed by atoms with E-state index in [9.17, 15) is 13.2 Å². The Balaban J connectivity index is 1.43. The minimum absolute atomic E-state index is 0.00706. The van der Waals surface area contributed by atoms with Crippen LogP contribution in [0.15, 0.2) is 70.2 Å². The van der Waals surface area contributed by atoms with E-state index >= 15 is 0 Å². The summed E-state index contributed by atoms with van der Waals surface area (Å²) in [5.41, 5.74) is 5.47. The van der Waals surface area contributed by atoms with Crippen LogP contribution < -0.4 is 5.14 Å². The van der Waals surface area contributed by atoms with Gasteiger partial charge in [-0.05, 0) is 56.7 Å². The summed E-state index contributed by atoms with van der Waals surface area (Å²) >= 11 is 0. The van der Waals surface area contributed by atoms with Crippen molar-refractivity contribution in [1.82, 2.24) is 9.55 Å². The lowest BCUT2D eigenvalue weighted by Crippen LogP contribution is -2.12. The molecule has 176 valence electrons. The van der Waals surface area contributed by atoms with Gasteiger partial charge in [0.15, 0.2) is 0 Å². The number of benzene rings is 2. The van der Waals surface area contributed by atoms with Crippen LogP contribution in [0.25, 0.3) is 11.5 Å². The quantitative estimate of drug-likeness (QED) is 0.399. The lowest BCUT2D eigenvalue weighted by atomic mass is 10.1. The second-order valence-electron chi connectivity index (χ2n) is 8.15. The molecule has 4 aromatic rings. The zero-order valence-corrected chi connectivity index (χ0v) is 19.9. The van der Waals surface area contributed by atoms with Gasteiger partial charge in [0.25, 0.3) is 0 Å². The number of hydrogen-bond donors (Lipinski definition) is 1. The fourth-order valence-corrected chi connectivity index (χ4v) is 4.15. The Bertz CT molecular complexity index is 1430. The second-order valence-corrected chi connectivity index (χ2v) is 9.71. The number of nitrogens with two attached hydrogens (primary N) is 1. The fraction of sp³-hybridized carbons (Fsp3) is 0.200. The summed E-state index contributed by atoms with van der Waals surface area (Å²) in [5.74, 6) is 0.0153. The Kier molecular flexibility index (Phi) is 6.41. The standard InChI is InChI=1S/C25H25N3O5S/c1-16-4-8-20(9-5-16)24-27-21(14-32-24)15-33-25(29)23-12-17(2)28(18(23)3)13-19-6-10-22(11-7-19)34(26,30)31/h4-12,14H,13,15H2,1-3H3,(H2,26,30,31). The maximum atomic E-state index is 12.8. The Hall–Kier alpha value is -3.69. The number of aryl methyl sites for hydroxylation is 2. The number of sulfonamides is 1. The van der Waals surface area contributed by atoms with E-state index in [1.165, 1.54) is 18.4 Å². The molecule has 0 fully saturated rings. The van der Waals surface area contributed by atoms with Gasteiger partial charge in [0.1, 0.15) is 18.6 Å². The molecule has 0 saturated carbocycles. The number of ether oxygens (including phenoxy) is 1. The third kappa shape index (κ3) is 5.11. The smallest absolute Gasteiger partial charge is 0.340 e. The van der Waals surface area contributed by atoms with Gasteiger partial charge < -0.3 is 13.7 Å². The Morgan fingerprint density at radius 1 is 1.06 bits per heavy atom. The zero-order valence-electron chi connectivity index (χ0n) is 19.1. The van der Waals surface area contributed by atoms with Crippen LogP contribution in [0.1, 0.15) is 38.6 Å². The number of hydrogen-bond acceptors (Lipinski definition) is 6. The van der Waals surface area contributed by atoms with Gasteiger partial charge in [-0.15, -0.1) is 0 Å². The number of rotatable bonds is 7. The van der Waals surface area contributed by atoms with E-state index in [4.69, 9.17) is 14.3 Å². The van der Waals surface area contributed by atoms with E-state index in [-0.39, 0.29) is 11.5 Å². The number of carbonyl (C=O) groups is 1. The first kappa shape index (κ1) is 23.5. The highest BCUT2D eigenvalue weighted by atomic mass is 32.2. The maximum Gasteiger partial charge on any atom is 0.340 e. The van der Waals surface area contributed by atoms with Gasteiger partial charge in [0, 0.05) is 23.5 Å². The first-order valence-electron chi connectivity index (χ1n) is 10.6. The van der Waals surface area contributed by atoms with Crippen LogP contribution in [0.2, 0.25) is 0 Å². The predicted octanol–water partition coefficient (Wildman–Crippen LogP) is 4.12. The zero-order chi connectivity index (χ0) is 24.5. The number of carbonyl (C=O) groups excluding carboxylic acids is 1. The normalized spacial score (nSPS) is 11.5. The monoisotopic (exact) mass is 479 g/mol. The molecule has 2 aromatic carbocycles. The van der Waals surface area contributed by atoms with Crippen molar-refractivity contribution in [3.8, 4) is 11.5 Å². The molecule has 0 amide bonds. The van der Waals surface area contributed by atoms with E-state index in [0.29, 0.717) is 23.7 Å². The largest absolute Gasteiger partial charge is 0.455 e. The van der Waals surface area contributed by atoms with Crippen LogP contribution in [-0.2, 0) is 27.9 Å². The molecule has 0 unspecified atom stereocenters. The van der Waals surface area contributed by atoms with Gasteiger partial charge in [0.2, 0.25) is 15.9 Å². The van der Waals surface area contributed by atoms with E-state index in [2.05, 4.69) is 4.98 Å². The van der Waals surface area contributed by atoms with Crippen molar-refractivity contribution in [2.75, 3.05) is 0 Å². The molecule has 9 heteroatoms. The van der Waals surface area contributed by atoms with Gasteiger partial charge in [-0.2, -0.15) is 0 Å². The van der Waals surface area contributed by atoms with Crippen LogP contribution in [-0.4, -0.2) is 23.9 Å². The van der Waals surface area contributed by atoms with Crippen LogP contribution in [0.5, 0.6) is 0 Å². The van der Waals surface area contributed by atoms with Crippen molar-refractivity contribution in [2.24, 2.45) is 5.14 Å². The number of oxazole rings is 1. The minimum Gasteiger partial charge on any atom is -0.455 e. The molecule has 0 radical (unpaired) electrons.